The SMILES string of the molecule is CC(C)n1cnc2ccc(Oc3cccc(NS(=O)(=O)N(C)CCO)c3C#N)cc2c1=O. The van der Waals surface area contributed by atoms with Crippen LogP contribution in [0.5, 0.6) is 11.5 Å². The monoisotopic (exact) mass is 457 g/mol. The highest BCUT2D eigenvalue weighted by atomic mass is 32.2. The van der Waals surface area contributed by atoms with E-state index < -0.39 is 10.2 Å². The van der Waals surface area contributed by atoms with Gasteiger partial charge in [-0.3, -0.25) is 14.1 Å². The average Bonchev–Trinajstić information content (AvgIpc) is 2.74. The summed E-state index contributed by atoms with van der Waals surface area (Å²) in [5.41, 5.74) is 0.288. The lowest BCUT2D eigenvalue weighted by molar-refractivity contribution is 0.267. The Morgan fingerprint density at radius 1 is 1.31 bits per heavy atom. The minimum absolute atomic E-state index is 0.0272. The lowest BCUT2D eigenvalue weighted by Crippen LogP contribution is -2.34. The van der Waals surface area contributed by atoms with Crippen molar-refractivity contribution in [3.05, 3.63) is 58.6 Å². The summed E-state index contributed by atoms with van der Waals surface area (Å²) in [4.78, 5) is 17.0. The fourth-order valence-electron chi connectivity index (χ4n) is 2.97. The van der Waals surface area contributed by atoms with E-state index >= 15 is 0 Å². The number of anilines is 1. The highest BCUT2D eigenvalue weighted by Crippen LogP contribution is 2.31. The molecule has 2 aromatic carbocycles. The molecule has 3 rings (SSSR count). The van der Waals surface area contributed by atoms with E-state index in [4.69, 9.17) is 9.84 Å². The molecule has 1 heterocycles. The van der Waals surface area contributed by atoms with Crippen LogP contribution in [0.2, 0.25) is 0 Å². The zero-order valence-electron chi connectivity index (χ0n) is 17.8. The summed E-state index contributed by atoms with van der Waals surface area (Å²) >= 11 is 0. The van der Waals surface area contributed by atoms with Crippen molar-refractivity contribution in [1.82, 2.24) is 13.9 Å². The van der Waals surface area contributed by atoms with Crippen molar-refractivity contribution in [2.45, 2.75) is 19.9 Å². The Balaban J connectivity index is 1.99. The van der Waals surface area contributed by atoms with Crippen LogP contribution in [0.4, 0.5) is 5.69 Å². The van der Waals surface area contributed by atoms with Crippen LogP contribution in [0, 0.1) is 11.3 Å². The first kappa shape index (κ1) is 23.2. The molecular formula is C21H23N5O5S. The van der Waals surface area contributed by atoms with E-state index in [0.29, 0.717) is 16.7 Å². The molecule has 0 fully saturated rings. The Labute approximate surface area is 185 Å². The predicted molar refractivity (Wildman–Crippen MR) is 120 cm³/mol. The molecule has 0 atom stereocenters. The molecular weight excluding hydrogens is 434 g/mol. The number of benzene rings is 2. The van der Waals surface area contributed by atoms with Gasteiger partial charge in [0.2, 0.25) is 0 Å². The number of ether oxygens (including phenoxy) is 1. The molecule has 3 aromatic rings. The van der Waals surface area contributed by atoms with Gasteiger partial charge in [-0.1, -0.05) is 6.07 Å². The van der Waals surface area contributed by atoms with Crippen LogP contribution in [-0.4, -0.2) is 47.6 Å². The largest absolute Gasteiger partial charge is 0.456 e. The zero-order chi connectivity index (χ0) is 23.5. The molecule has 0 aliphatic heterocycles. The van der Waals surface area contributed by atoms with Gasteiger partial charge in [0.1, 0.15) is 23.1 Å². The summed E-state index contributed by atoms with van der Waals surface area (Å²) in [6.45, 7) is 3.30. The summed E-state index contributed by atoms with van der Waals surface area (Å²) in [5, 5.41) is 19.0. The van der Waals surface area contributed by atoms with Gasteiger partial charge in [-0.05, 0) is 44.2 Å². The molecule has 0 amide bonds. The van der Waals surface area contributed by atoms with Crippen LogP contribution in [-0.2, 0) is 10.2 Å². The first-order chi connectivity index (χ1) is 15.2. The van der Waals surface area contributed by atoms with Crippen molar-refractivity contribution in [2.24, 2.45) is 0 Å². The van der Waals surface area contributed by atoms with Crippen LogP contribution >= 0.6 is 0 Å². The fraction of sp³-hybridized carbons (Fsp3) is 0.286. The number of nitriles is 1. The molecule has 11 heteroatoms. The third kappa shape index (κ3) is 4.72. The highest BCUT2D eigenvalue weighted by Gasteiger charge is 2.20. The summed E-state index contributed by atoms with van der Waals surface area (Å²) < 4.78 is 35.4. The van der Waals surface area contributed by atoms with Gasteiger partial charge in [-0.25, -0.2) is 4.98 Å². The Kier molecular flexibility index (Phi) is 6.78. The van der Waals surface area contributed by atoms with E-state index in [1.807, 2.05) is 19.9 Å². The van der Waals surface area contributed by atoms with E-state index in [2.05, 4.69) is 9.71 Å². The zero-order valence-corrected chi connectivity index (χ0v) is 18.6. The Bertz CT molecular complexity index is 1340. The van der Waals surface area contributed by atoms with Crippen molar-refractivity contribution in [1.29, 1.82) is 5.26 Å². The van der Waals surface area contributed by atoms with Crippen molar-refractivity contribution >= 4 is 26.8 Å². The predicted octanol–water partition coefficient (Wildman–Crippen LogP) is 2.22. The number of hydrogen-bond donors (Lipinski definition) is 2. The molecule has 0 aliphatic rings. The molecule has 0 aliphatic carbocycles. The molecule has 0 unspecified atom stereocenters. The van der Waals surface area contributed by atoms with Gasteiger partial charge in [0.15, 0.2) is 0 Å². The summed E-state index contributed by atoms with van der Waals surface area (Å²) in [6.07, 6.45) is 1.49. The highest BCUT2D eigenvalue weighted by molar-refractivity contribution is 7.90. The molecule has 0 saturated heterocycles. The number of aliphatic hydroxyl groups is 1. The number of fused-ring (bicyclic) bond motifs is 1. The number of aliphatic hydroxyl groups excluding tert-OH is 1. The van der Waals surface area contributed by atoms with Gasteiger partial charge < -0.3 is 9.84 Å². The lowest BCUT2D eigenvalue weighted by Gasteiger charge is -2.18. The van der Waals surface area contributed by atoms with E-state index in [-0.39, 0.29) is 41.8 Å². The van der Waals surface area contributed by atoms with Crippen LogP contribution in [0.25, 0.3) is 10.9 Å². The van der Waals surface area contributed by atoms with Gasteiger partial charge >= 0.3 is 10.2 Å². The van der Waals surface area contributed by atoms with Crippen LogP contribution in [0.1, 0.15) is 25.5 Å². The summed E-state index contributed by atoms with van der Waals surface area (Å²) in [5.74, 6) is 0.414. The molecule has 1 aromatic heterocycles. The maximum Gasteiger partial charge on any atom is 0.301 e. The second-order valence-corrected chi connectivity index (χ2v) is 9.05. The summed E-state index contributed by atoms with van der Waals surface area (Å²) in [6, 6.07) is 11.2. The minimum Gasteiger partial charge on any atom is -0.456 e. The normalized spacial score (nSPS) is 11.7. The average molecular weight is 458 g/mol. The van der Waals surface area contributed by atoms with Gasteiger partial charge in [-0.2, -0.15) is 18.0 Å². The number of rotatable bonds is 8. The number of nitrogens with one attached hydrogen (secondary N) is 1. The molecule has 10 nitrogen and oxygen atoms in total. The van der Waals surface area contributed by atoms with Crippen molar-refractivity contribution in [3.8, 4) is 17.6 Å². The van der Waals surface area contributed by atoms with Crippen molar-refractivity contribution in [2.75, 3.05) is 24.9 Å². The first-order valence-corrected chi connectivity index (χ1v) is 11.2. The van der Waals surface area contributed by atoms with E-state index in [9.17, 15) is 18.5 Å². The van der Waals surface area contributed by atoms with Crippen LogP contribution in [0.15, 0.2) is 47.5 Å². The number of nitrogens with zero attached hydrogens (tertiary/aromatic N) is 4. The molecule has 2 N–H and O–H groups in total. The number of hydrogen-bond acceptors (Lipinski definition) is 7. The smallest absolute Gasteiger partial charge is 0.301 e. The van der Waals surface area contributed by atoms with Gasteiger partial charge in [0, 0.05) is 19.6 Å². The molecule has 0 spiro atoms. The second-order valence-electron chi connectivity index (χ2n) is 7.27. The fourth-order valence-corrected chi connectivity index (χ4v) is 3.89. The Morgan fingerprint density at radius 3 is 2.72 bits per heavy atom. The first-order valence-electron chi connectivity index (χ1n) is 9.74. The number of likely N-dealkylation sites (N-methyl/N-ethyl adjacent to an activating group) is 1. The Hall–Kier alpha value is -3.46. The van der Waals surface area contributed by atoms with E-state index in [1.54, 1.807) is 12.1 Å². The Morgan fingerprint density at radius 2 is 2.06 bits per heavy atom. The molecule has 0 bridgehead atoms. The minimum atomic E-state index is -3.98. The van der Waals surface area contributed by atoms with E-state index in [0.717, 1.165) is 4.31 Å². The molecule has 32 heavy (non-hydrogen) atoms. The third-order valence-electron chi connectivity index (χ3n) is 4.74. The van der Waals surface area contributed by atoms with Gasteiger partial charge in [0.05, 0.1) is 29.5 Å². The van der Waals surface area contributed by atoms with E-state index in [1.165, 1.54) is 42.2 Å². The standard InChI is InChI=1S/C21H23N5O5S/c1-14(2)26-13-23-18-8-7-15(11-16(18)21(26)28)31-20-6-4-5-19(17(20)12-22)24-32(29,30)25(3)9-10-27/h4-8,11,13-14,24,27H,9-10H2,1-3H3. The quantitative estimate of drug-likeness (QED) is 0.529. The number of aromatic nitrogens is 2. The molecule has 0 saturated carbocycles. The van der Waals surface area contributed by atoms with Crippen LogP contribution in [0.3, 0.4) is 0 Å². The molecule has 0 radical (unpaired) electrons. The second kappa shape index (κ2) is 9.35. The van der Waals surface area contributed by atoms with Gasteiger partial charge in [-0.15, -0.1) is 0 Å². The summed E-state index contributed by atoms with van der Waals surface area (Å²) in [7, 11) is -2.68. The third-order valence-corrected chi connectivity index (χ3v) is 6.22. The molecule has 168 valence electrons. The van der Waals surface area contributed by atoms with Crippen LogP contribution < -0.4 is 15.0 Å². The van der Waals surface area contributed by atoms with Crippen molar-refractivity contribution < 1.29 is 18.3 Å². The lowest BCUT2D eigenvalue weighted by atomic mass is 10.1. The van der Waals surface area contributed by atoms with Crippen molar-refractivity contribution in [3.63, 3.8) is 0 Å². The maximum absolute atomic E-state index is 12.7. The van der Waals surface area contributed by atoms with Gasteiger partial charge in [0.25, 0.3) is 5.56 Å². The topological polar surface area (TPSA) is 138 Å². The maximum atomic E-state index is 12.7.